The molecule has 0 aromatic rings. The molecule has 0 heterocycles. The summed E-state index contributed by atoms with van der Waals surface area (Å²) in [5, 5.41) is 6.32. The Labute approximate surface area is 176 Å². The van der Waals surface area contributed by atoms with Gasteiger partial charge in [-0.25, -0.2) is 0 Å². The molecule has 5 atom stereocenters. The molecular weight excluding hydrogens is 360 g/mol. The summed E-state index contributed by atoms with van der Waals surface area (Å²) in [6, 6.07) is -0.104. The third kappa shape index (κ3) is 2.63. The Bertz CT molecular complexity index is 795. The van der Waals surface area contributed by atoms with E-state index in [0.717, 1.165) is 49.7 Å². The standard InChI is InChI=1S/C25H38N2O2/c1-15(27-21(29)25-11-9-19(13-25)23(6,7)17(25)3)14-26-20(28)24-10-8-18(12-24)22(4,5)16(24)2/h15,18-19H,2-3,8-14H2,1,4-7H3,(H,26,28)(H,27,29)/t15-,18-,19+,24+,25+/m1/s1. The summed E-state index contributed by atoms with van der Waals surface area (Å²) < 4.78 is 0. The van der Waals surface area contributed by atoms with E-state index in [0.29, 0.717) is 18.4 Å². The lowest BCUT2D eigenvalue weighted by Crippen LogP contribution is -2.50. The van der Waals surface area contributed by atoms with Gasteiger partial charge < -0.3 is 10.6 Å². The predicted octanol–water partition coefficient (Wildman–Crippen LogP) is 4.37. The Balaban J connectivity index is 1.36. The number of amides is 2. The first-order valence-corrected chi connectivity index (χ1v) is 11.4. The van der Waals surface area contributed by atoms with Crippen LogP contribution in [0.4, 0.5) is 0 Å². The Morgan fingerprint density at radius 3 is 1.79 bits per heavy atom. The minimum Gasteiger partial charge on any atom is -0.353 e. The van der Waals surface area contributed by atoms with Crippen molar-refractivity contribution in [3.63, 3.8) is 0 Å². The summed E-state index contributed by atoms with van der Waals surface area (Å²) in [5.41, 5.74) is 1.46. The molecular formula is C25H38N2O2. The molecule has 4 bridgehead atoms. The molecule has 2 N–H and O–H groups in total. The molecule has 4 aliphatic carbocycles. The normalized spacial score (nSPS) is 39.6. The van der Waals surface area contributed by atoms with Crippen LogP contribution in [0.2, 0.25) is 0 Å². The molecule has 0 saturated heterocycles. The van der Waals surface area contributed by atoms with Gasteiger partial charge in [-0.3, -0.25) is 9.59 Å². The van der Waals surface area contributed by atoms with Crippen LogP contribution in [-0.4, -0.2) is 24.4 Å². The van der Waals surface area contributed by atoms with Crippen molar-refractivity contribution in [2.75, 3.05) is 6.54 Å². The maximum absolute atomic E-state index is 13.2. The number of nitrogens with one attached hydrogen (secondary N) is 2. The van der Waals surface area contributed by atoms with Crippen molar-refractivity contribution in [3.8, 4) is 0 Å². The molecule has 4 saturated carbocycles. The van der Waals surface area contributed by atoms with Gasteiger partial charge in [-0.05, 0) is 68.1 Å². The van der Waals surface area contributed by atoms with E-state index in [9.17, 15) is 9.59 Å². The Morgan fingerprint density at radius 1 is 0.931 bits per heavy atom. The van der Waals surface area contributed by atoms with Crippen molar-refractivity contribution in [3.05, 3.63) is 24.3 Å². The largest absolute Gasteiger partial charge is 0.353 e. The third-order valence-corrected chi connectivity index (χ3v) is 9.60. The van der Waals surface area contributed by atoms with Gasteiger partial charge in [0.2, 0.25) is 11.8 Å². The summed E-state index contributed by atoms with van der Waals surface area (Å²) in [5.74, 6) is 1.32. The van der Waals surface area contributed by atoms with Crippen LogP contribution >= 0.6 is 0 Å². The van der Waals surface area contributed by atoms with Gasteiger partial charge in [-0.2, -0.15) is 0 Å². The molecule has 160 valence electrons. The van der Waals surface area contributed by atoms with Gasteiger partial charge in [0, 0.05) is 12.6 Å². The average Bonchev–Trinajstić information content (AvgIpc) is 3.37. The zero-order valence-corrected chi connectivity index (χ0v) is 18.9. The monoisotopic (exact) mass is 398 g/mol. The summed E-state index contributed by atoms with van der Waals surface area (Å²) in [4.78, 5) is 26.3. The van der Waals surface area contributed by atoms with Crippen molar-refractivity contribution in [1.82, 2.24) is 10.6 Å². The Kier molecular flexibility index (Phi) is 4.43. The molecule has 0 aromatic heterocycles. The van der Waals surface area contributed by atoms with Crippen LogP contribution in [0.5, 0.6) is 0 Å². The van der Waals surface area contributed by atoms with E-state index in [1.54, 1.807) is 0 Å². The molecule has 4 aliphatic rings. The molecule has 4 heteroatoms. The zero-order chi connectivity index (χ0) is 21.4. The molecule has 29 heavy (non-hydrogen) atoms. The molecule has 0 unspecified atom stereocenters. The van der Waals surface area contributed by atoms with Crippen LogP contribution in [0.15, 0.2) is 24.3 Å². The molecule has 4 rings (SSSR count). The highest BCUT2D eigenvalue weighted by atomic mass is 16.2. The van der Waals surface area contributed by atoms with Crippen molar-refractivity contribution < 1.29 is 9.59 Å². The first kappa shape index (κ1) is 20.7. The van der Waals surface area contributed by atoms with Gasteiger partial charge >= 0.3 is 0 Å². The van der Waals surface area contributed by atoms with E-state index in [1.165, 1.54) is 0 Å². The maximum Gasteiger partial charge on any atom is 0.230 e. The van der Waals surface area contributed by atoms with Gasteiger partial charge in [-0.15, -0.1) is 0 Å². The molecule has 4 fully saturated rings. The minimum absolute atomic E-state index is 0.0425. The molecule has 0 radical (unpaired) electrons. The highest BCUT2D eigenvalue weighted by Crippen LogP contribution is 2.66. The lowest BCUT2D eigenvalue weighted by molar-refractivity contribution is -0.131. The van der Waals surface area contributed by atoms with Crippen molar-refractivity contribution in [1.29, 1.82) is 0 Å². The van der Waals surface area contributed by atoms with Crippen LogP contribution in [0, 0.1) is 33.5 Å². The highest BCUT2D eigenvalue weighted by molar-refractivity contribution is 5.89. The van der Waals surface area contributed by atoms with E-state index in [4.69, 9.17) is 0 Å². The van der Waals surface area contributed by atoms with Gasteiger partial charge in [0.25, 0.3) is 0 Å². The molecule has 2 amide bonds. The number of carbonyl (C=O) groups is 2. The maximum atomic E-state index is 13.2. The minimum atomic E-state index is -0.409. The van der Waals surface area contributed by atoms with Crippen LogP contribution in [0.3, 0.4) is 0 Å². The van der Waals surface area contributed by atoms with Gasteiger partial charge in [-0.1, -0.05) is 52.0 Å². The lowest BCUT2D eigenvalue weighted by Gasteiger charge is -2.38. The fourth-order valence-corrected chi connectivity index (χ4v) is 7.11. The number of fused-ring (bicyclic) bond motifs is 4. The number of hydrogen-bond donors (Lipinski definition) is 2. The second kappa shape index (κ2) is 6.21. The van der Waals surface area contributed by atoms with E-state index in [-0.39, 0.29) is 28.7 Å². The van der Waals surface area contributed by atoms with Crippen LogP contribution in [0.1, 0.15) is 73.1 Å². The van der Waals surface area contributed by atoms with E-state index < -0.39 is 10.8 Å². The molecule has 0 aliphatic heterocycles. The Hall–Kier alpha value is -1.58. The molecule has 4 nitrogen and oxygen atoms in total. The van der Waals surface area contributed by atoms with Crippen LogP contribution < -0.4 is 10.6 Å². The average molecular weight is 399 g/mol. The first-order chi connectivity index (χ1) is 13.4. The number of rotatable bonds is 5. The van der Waals surface area contributed by atoms with Crippen molar-refractivity contribution in [2.45, 2.75) is 79.2 Å². The predicted molar refractivity (Wildman–Crippen MR) is 116 cm³/mol. The first-order valence-electron chi connectivity index (χ1n) is 11.4. The summed E-state index contributed by atoms with van der Waals surface area (Å²) in [6.07, 6.45) is 5.86. The molecule has 0 aromatic carbocycles. The van der Waals surface area contributed by atoms with Crippen LogP contribution in [0.25, 0.3) is 0 Å². The third-order valence-electron chi connectivity index (χ3n) is 9.60. The lowest BCUT2D eigenvalue weighted by atomic mass is 9.68. The summed E-state index contributed by atoms with van der Waals surface area (Å²) in [7, 11) is 0. The Morgan fingerprint density at radius 2 is 1.38 bits per heavy atom. The van der Waals surface area contributed by atoms with Crippen molar-refractivity contribution in [2.24, 2.45) is 33.5 Å². The SMILES string of the molecule is C=C1C(C)(C)[C@@H]2CC[C@]1(C(=O)NC[C@@H](C)NC(=O)[C@@]13CC[C@@H](C1)C(C)(C)C3=C)C2. The quantitative estimate of drug-likeness (QED) is 0.676. The van der Waals surface area contributed by atoms with E-state index >= 15 is 0 Å². The smallest absolute Gasteiger partial charge is 0.230 e. The van der Waals surface area contributed by atoms with Gasteiger partial charge in [0.1, 0.15) is 0 Å². The summed E-state index contributed by atoms with van der Waals surface area (Å²) in [6.45, 7) is 20.0. The molecule has 0 spiro atoms. The van der Waals surface area contributed by atoms with Gasteiger partial charge in [0.05, 0.1) is 10.8 Å². The summed E-state index contributed by atoms with van der Waals surface area (Å²) >= 11 is 0. The topological polar surface area (TPSA) is 58.2 Å². The second-order valence-corrected chi connectivity index (χ2v) is 11.5. The number of carbonyl (C=O) groups excluding carboxylic acids is 2. The fraction of sp³-hybridized carbons (Fsp3) is 0.760. The zero-order valence-electron chi connectivity index (χ0n) is 18.9. The van der Waals surface area contributed by atoms with E-state index in [1.807, 2.05) is 6.92 Å². The van der Waals surface area contributed by atoms with Crippen molar-refractivity contribution >= 4 is 11.8 Å². The van der Waals surface area contributed by atoms with Gasteiger partial charge in [0.15, 0.2) is 0 Å². The fourth-order valence-electron chi connectivity index (χ4n) is 7.11. The van der Waals surface area contributed by atoms with E-state index in [2.05, 4.69) is 51.5 Å². The highest BCUT2D eigenvalue weighted by Gasteiger charge is 2.62. The van der Waals surface area contributed by atoms with Crippen LogP contribution in [-0.2, 0) is 9.59 Å². The number of hydrogen-bond acceptors (Lipinski definition) is 2. The second-order valence-electron chi connectivity index (χ2n) is 11.5.